The molecule has 1 saturated heterocycles. The van der Waals surface area contributed by atoms with Gasteiger partial charge in [-0.15, -0.1) is 0 Å². The molecule has 0 bridgehead atoms. The summed E-state index contributed by atoms with van der Waals surface area (Å²) < 4.78 is 27.8. The molecule has 1 aromatic carbocycles. The second kappa shape index (κ2) is 6.28. The third-order valence-electron chi connectivity index (χ3n) is 3.75. The second-order valence-electron chi connectivity index (χ2n) is 4.88. The van der Waals surface area contributed by atoms with Gasteiger partial charge in [-0.25, -0.2) is 8.78 Å². The van der Waals surface area contributed by atoms with Gasteiger partial charge in [-0.2, -0.15) is 0 Å². The predicted octanol–water partition coefficient (Wildman–Crippen LogP) is 1.05. The normalized spacial score (nSPS) is 21.5. The van der Waals surface area contributed by atoms with Gasteiger partial charge in [0.1, 0.15) is 17.7 Å². The summed E-state index contributed by atoms with van der Waals surface area (Å²) in [5.74, 6) is -1.31. The van der Waals surface area contributed by atoms with Crippen LogP contribution in [-0.2, 0) is 4.79 Å². The van der Waals surface area contributed by atoms with Crippen molar-refractivity contribution in [3.63, 3.8) is 0 Å². The first-order chi connectivity index (χ1) is 9.56. The zero-order valence-electron chi connectivity index (χ0n) is 11.6. The Balaban J connectivity index is 2.30. The van der Waals surface area contributed by atoms with Crippen molar-refractivity contribution in [2.24, 2.45) is 0 Å². The number of likely N-dealkylation sites (N-methyl/N-ethyl adjacent to an activating group) is 1. The van der Waals surface area contributed by atoms with Gasteiger partial charge in [0.15, 0.2) is 0 Å². The summed E-state index contributed by atoms with van der Waals surface area (Å²) >= 11 is 0. The van der Waals surface area contributed by atoms with E-state index in [0.29, 0.717) is 19.6 Å². The molecule has 20 heavy (non-hydrogen) atoms. The Kier molecular flexibility index (Phi) is 4.67. The van der Waals surface area contributed by atoms with Gasteiger partial charge in [-0.05, 0) is 19.1 Å². The van der Waals surface area contributed by atoms with Crippen molar-refractivity contribution in [1.29, 1.82) is 0 Å². The summed E-state index contributed by atoms with van der Waals surface area (Å²) in [5, 5.41) is 5.72. The summed E-state index contributed by atoms with van der Waals surface area (Å²) in [6, 6.07) is 2.90. The van der Waals surface area contributed by atoms with E-state index in [1.54, 1.807) is 14.0 Å². The van der Waals surface area contributed by atoms with Gasteiger partial charge in [0.05, 0.1) is 0 Å². The fraction of sp³-hybridized carbons (Fsp3) is 0.500. The van der Waals surface area contributed by atoms with Gasteiger partial charge in [0.2, 0.25) is 5.91 Å². The van der Waals surface area contributed by atoms with Crippen LogP contribution in [0.4, 0.5) is 8.78 Å². The highest BCUT2D eigenvalue weighted by Crippen LogP contribution is 2.27. The van der Waals surface area contributed by atoms with E-state index in [1.165, 1.54) is 18.2 Å². The molecule has 2 N–H and O–H groups in total. The van der Waals surface area contributed by atoms with Crippen LogP contribution in [0.5, 0.6) is 0 Å². The number of carbonyl (C=O) groups excluding carboxylic acids is 1. The van der Waals surface area contributed by atoms with E-state index in [0.717, 1.165) is 0 Å². The fourth-order valence-electron chi connectivity index (χ4n) is 2.67. The van der Waals surface area contributed by atoms with E-state index >= 15 is 0 Å². The van der Waals surface area contributed by atoms with Crippen molar-refractivity contribution in [3.05, 3.63) is 35.4 Å². The van der Waals surface area contributed by atoms with E-state index in [9.17, 15) is 13.6 Å². The van der Waals surface area contributed by atoms with E-state index in [-0.39, 0.29) is 11.5 Å². The first-order valence-corrected chi connectivity index (χ1v) is 6.68. The zero-order valence-corrected chi connectivity index (χ0v) is 11.6. The van der Waals surface area contributed by atoms with Crippen LogP contribution in [0.15, 0.2) is 18.2 Å². The highest BCUT2D eigenvalue weighted by molar-refractivity contribution is 5.81. The van der Waals surface area contributed by atoms with Crippen LogP contribution in [0.3, 0.4) is 0 Å². The molecule has 1 aromatic rings. The number of nitrogens with zero attached hydrogens (tertiary/aromatic N) is 1. The number of benzene rings is 1. The SMILES string of the molecule is CNC(=O)C1CNCCN1C(C)c1c(F)cccc1F. The maximum Gasteiger partial charge on any atom is 0.238 e. The number of piperazine rings is 1. The molecule has 110 valence electrons. The van der Waals surface area contributed by atoms with Gasteiger partial charge >= 0.3 is 0 Å². The first-order valence-electron chi connectivity index (χ1n) is 6.68. The molecule has 2 unspecified atom stereocenters. The van der Waals surface area contributed by atoms with Crippen molar-refractivity contribution < 1.29 is 13.6 Å². The van der Waals surface area contributed by atoms with E-state index in [2.05, 4.69) is 10.6 Å². The first kappa shape index (κ1) is 14.9. The minimum Gasteiger partial charge on any atom is -0.358 e. The third kappa shape index (κ3) is 2.81. The molecule has 1 fully saturated rings. The van der Waals surface area contributed by atoms with Crippen LogP contribution in [0.2, 0.25) is 0 Å². The van der Waals surface area contributed by atoms with Crippen LogP contribution in [-0.4, -0.2) is 43.5 Å². The molecule has 0 spiro atoms. The Bertz CT molecular complexity index is 475. The van der Waals surface area contributed by atoms with Crippen LogP contribution >= 0.6 is 0 Å². The van der Waals surface area contributed by atoms with Crippen molar-refractivity contribution in [3.8, 4) is 0 Å². The standard InChI is InChI=1S/C14H19F2N3O/c1-9(13-10(15)4-3-5-11(13)16)19-7-6-18-8-12(19)14(20)17-2/h3-5,9,12,18H,6-8H2,1-2H3,(H,17,20). The Morgan fingerprint density at radius 2 is 2.10 bits per heavy atom. The molecule has 1 heterocycles. The van der Waals surface area contributed by atoms with Gasteiger partial charge in [0.25, 0.3) is 0 Å². The van der Waals surface area contributed by atoms with Gasteiger partial charge in [-0.3, -0.25) is 9.69 Å². The number of nitrogens with one attached hydrogen (secondary N) is 2. The molecule has 0 radical (unpaired) electrons. The predicted molar refractivity (Wildman–Crippen MR) is 72.2 cm³/mol. The molecular weight excluding hydrogens is 264 g/mol. The Labute approximate surface area is 117 Å². The average molecular weight is 283 g/mol. The highest BCUT2D eigenvalue weighted by Gasteiger charge is 2.33. The number of carbonyl (C=O) groups is 1. The van der Waals surface area contributed by atoms with Crippen molar-refractivity contribution in [1.82, 2.24) is 15.5 Å². The molecule has 1 amide bonds. The molecule has 4 nitrogen and oxygen atoms in total. The smallest absolute Gasteiger partial charge is 0.238 e. The number of amides is 1. The summed E-state index contributed by atoms with van der Waals surface area (Å²) in [6.07, 6.45) is 0. The minimum atomic E-state index is -0.577. The third-order valence-corrected chi connectivity index (χ3v) is 3.75. The summed E-state index contributed by atoms with van der Waals surface area (Å²) in [4.78, 5) is 13.7. The van der Waals surface area contributed by atoms with Crippen molar-refractivity contribution in [2.75, 3.05) is 26.7 Å². The fourth-order valence-corrected chi connectivity index (χ4v) is 2.67. The van der Waals surface area contributed by atoms with Crippen LogP contribution in [0.1, 0.15) is 18.5 Å². The molecule has 1 aliphatic rings. The van der Waals surface area contributed by atoms with Gasteiger partial charge < -0.3 is 10.6 Å². The molecule has 6 heteroatoms. The van der Waals surface area contributed by atoms with E-state index in [1.807, 2.05) is 4.90 Å². The Morgan fingerprint density at radius 3 is 2.70 bits per heavy atom. The summed E-state index contributed by atoms with van der Waals surface area (Å²) in [6.45, 7) is 3.45. The van der Waals surface area contributed by atoms with Gasteiger partial charge in [0, 0.05) is 38.3 Å². The quantitative estimate of drug-likeness (QED) is 0.871. The Hall–Kier alpha value is -1.53. The van der Waals surface area contributed by atoms with E-state index < -0.39 is 23.7 Å². The number of hydrogen-bond acceptors (Lipinski definition) is 3. The lowest BCUT2D eigenvalue weighted by Gasteiger charge is -2.39. The lowest BCUT2D eigenvalue weighted by Crippen LogP contribution is -2.58. The lowest BCUT2D eigenvalue weighted by atomic mass is 10.0. The molecule has 1 aliphatic heterocycles. The topological polar surface area (TPSA) is 44.4 Å². The van der Waals surface area contributed by atoms with Crippen molar-refractivity contribution in [2.45, 2.75) is 19.0 Å². The summed E-state index contributed by atoms with van der Waals surface area (Å²) in [5.41, 5.74) is 0.0169. The minimum absolute atomic E-state index is 0.0169. The van der Waals surface area contributed by atoms with Gasteiger partial charge in [-0.1, -0.05) is 6.07 Å². The van der Waals surface area contributed by atoms with E-state index in [4.69, 9.17) is 0 Å². The largest absolute Gasteiger partial charge is 0.358 e. The molecule has 0 aromatic heterocycles. The number of hydrogen-bond donors (Lipinski definition) is 2. The lowest BCUT2D eigenvalue weighted by molar-refractivity contribution is -0.127. The summed E-state index contributed by atoms with van der Waals surface area (Å²) in [7, 11) is 1.56. The van der Waals surface area contributed by atoms with Crippen LogP contribution in [0.25, 0.3) is 0 Å². The maximum absolute atomic E-state index is 13.9. The molecule has 0 saturated carbocycles. The maximum atomic E-state index is 13.9. The Morgan fingerprint density at radius 1 is 1.45 bits per heavy atom. The van der Waals surface area contributed by atoms with Crippen molar-refractivity contribution >= 4 is 5.91 Å². The molecule has 2 rings (SSSR count). The second-order valence-corrected chi connectivity index (χ2v) is 4.88. The number of rotatable bonds is 3. The monoisotopic (exact) mass is 283 g/mol. The molecule has 0 aliphatic carbocycles. The van der Waals surface area contributed by atoms with Crippen LogP contribution < -0.4 is 10.6 Å². The van der Waals surface area contributed by atoms with Crippen LogP contribution in [0, 0.1) is 11.6 Å². The number of halogens is 2. The average Bonchev–Trinajstić information content (AvgIpc) is 2.46. The zero-order chi connectivity index (χ0) is 14.7. The molecule has 2 atom stereocenters. The highest BCUT2D eigenvalue weighted by atomic mass is 19.1. The molecular formula is C14H19F2N3O.